The van der Waals surface area contributed by atoms with Crippen molar-refractivity contribution in [3.8, 4) is 0 Å². The van der Waals surface area contributed by atoms with Gasteiger partial charge in [-0.1, -0.05) is 24.9 Å². The van der Waals surface area contributed by atoms with Crippen LogP contribution in [0.5, 0.6) is 0 Å². The number of carbonyl (C=O) groups excluding carboxylic acids is 1. The van der Waals surface area contributed by atoms with Crippen molar-refractivity contribution in [2.45, 2.75) is 51.6 Å². The molecule has 0 aromatic heterocycles. The van der Waals surface area contributed by atoms with Gasteiger partial charge in [0.25, 0.3) is 0 Å². The van der Waals surface area contributed by atoms with E-state index in [9.17, 15) is 4.79 Å². The third-order valence-corrected chi connectivity index (χ3v) is 4.53. The molecule has 1 aliphatic rings. The molecule has 2 rings (SSSR count). The molecule has 0 radical (unpaired) electrons. The zero-order chi connectivity index (χ0) is 15.4. The van der Waals surface area contributed by atoms with Gasteiger partial charge in [-0.25, -0.2) is 0 Å². The number of hydrogen-bond acceptors (Lipinski definition) is 3. The summed E-state index contributed by atoms with van der Waals surface area (Å²) in [6.45, 7) is 5.13. The van der Waals surface area contributed by atoms with Gasteiger partial charge in [0.2, 0.25) is 5.91 Å². The smallest absolute Gasteiger partial charge is 0.241 e. The molecular weight excluding hydrogens is 286 g/mol. The predicted molar refractivity (Wildman–Crippen MR) is 88.6 cm³/mol. The maximum atomic E-state index is 12.5. The number of benzene rings is 1. The monoisotopic (exact) mass is 309 g/mol. The highest BCUT2D eigenvalue weighted by Gasteiger charge is 2.29. The lowest BCUT2D eigenvalue weighted by atomic mass is 9.98. The quantitative estimate of drug-likeness (QED) is 0.837. The van der Waals surface area contributed by atoms with Gasteiger partial charge in [-0.05, 0) is 50.9 Å². The zero-order valence-electron chi connectivity index (χ0n) is 12.7. The normalized spacial score (nSPS) is 21.0. The highest BCUT2D eigenvalue weighted by atomic mass is 35.5. The fraction of sp³-hybridized carbons (Fsp3) is 0.562. The van der Waals surface area contributed by atoms with Gasteiger partial charge >= 0.3 is 0 Å². The van der Waals surface area contributed by atoms with Crippen molar-refractivity contribution in [3.63, 3.8) is 0 Å². The molecule has 1 aromatic carbocycles. The highest BCUT2D eigenvalue weighted by molar-refractivity contribution is 6.31. The number of nitrogen functional groups attached to an aromatic ring is 1. The number of hydrogen-bond donors (Lipinski definition) is 2. The summed E-state index contributed by atoms with van der Waals surface area (Å²) in [4.78, 5) is 14.8. The highest BCUT2D eigenvalue weighted by Crippen LogP contribution is 2.25. The minimum Gasteiger partial charge on any atom is -0.397 e. The number of carbonyl (C=O) groups is 1. The fourth-order valence-electron chi connectivity index (χ4n) is 3.00. The molecule has 1 fully saturated rings. The Morgan fingerprint density at radius 2 is 2.29 bits per heavy atom. The first kappa shape index (κ1) is 16.1. The maximum absolute atomic E-state index is 12.5. The Morgan fingerprint density at radius 1 is 1.52 bits per heavy atom. The van der Waals surface area contributed by atoms with Gasteiger partial charge < -0.3 is 11.1 Å². The standard InChI is InChI=1S/C16H24ClN3O/c1-3-13-6-4-5-9-20(13)11(2)16(21)19-15-10-12(17)7-8-14(15)18/h7-8,10-11,13H,3-6,9,18H2,1-2H3,(H,19,21). The molecule has 3 N–H and O–H groups in total. The number of nitrogens with two attached hydrogens (primary N) is 1. The summed E-state index contributed by atoms with van der Waals surface area (Å²) < 4.78 is 0. The lowest BCUT2D eigenvalue weighted by molar-refractivity contribution is -0.122. The van der Waals surface area contributed by atoms with E-state index in [4.69, 9.17) is 17.3 Å². The first-order valence-electron chi connectivity index (χ1n) is 7.64. The van der Waals surface area contributed by atoms with Crippen LogP contribution < -0.4 is 11.1 Å². The lowest BCUT2D eigenvalue weighted by Crippen LogP contribution is -2.49. The summed E-state index contributed by atoms with van der Waals surface area (Å²) in [5.74, 6) is -0.0238. The predicted octanol–water partition coefficient (Wildman–Crippen LogP) is 3.51. The Kier molecular flexibility index (Phi) is 5.48. The summed E-state index contributed by atoms with van der Waals surface area (Å²) in [5, 5.41) is 3.47. The van der Waals surface area contributed by atoms with E-state index in [1.165, 1.54) is 12.8 Å². The number of likely N-dealkylation sites (tertiary alicyclic amines) is 1. The number of nitrogens with one attached hydrogen (secondary N) is 1. The molecule has 1 heterocycles. The van der Waals surface area contributed by atoms with Gasteiger partial charge in [-0.3, -0.25) is 9.69 Å². The molecule has 116 valence electrons. The van der Waals surface area contributed by atoms with Crippen LogP contribution in [0.4, 0.5) is 11.4 Å². The van der Waals surface area contributed by atoms with Crippen LogP contribution in [0.15, 0.2) is 18.2 Å². The Labute approximate surface area is 131 Å². The van der Waals surface area contributed by atoms with Crippen LogP contribution in [0.1, 0.15) is 39.5 Å². The lowest BCUT2D eigenvalue weighted by Gasteiger charge is -2.38. The molecule has 1 aromatic rings. The number of nitrogens with zero attached hydrogens (tertiary/aromatic N) is 1. The summed E-state index contributed by atoms with van der Waals surface area (Å²) in [5.41, 5.74) is 7.00. The van der Waals surface area contributed by atoms with Crippen LogP contribution in [-0.2, 0) is 4.79 Å². The first-order valence-corrected chi connectivity index (χ1v) is 8.02. The average Bonchev–Trinajstić information content (AvgIpc) is 2.50. The van der Waals surface area contributed by atoms with E-state index in [0.29, 0.717) is 22.4 Å². The molecule has 2 unspecified atom stereocenters. The average molecular weight is 310 g/mol. The van der Waals surface area contributed by atoms with Crippen LogP contribution >= 0.6 is 11.6 Å². The molecular formula is C16H24ClN3O. The van der Waals surface area contributed by atoms with E-state index < -0.39 is 0 Å². The van der Waals surface area contributed by atoms with Crippen molar-refractivity contribution >= 4 is 28.9 Å². The van der Waals surface area contributed by atoms with Crippen molar-refractivity contribution in [2.24, 2.45) is 0 Å². The second kappa shape index (κ2) is 7.14. The van der Waals surface area contributed by atoms with Gasteiger partial charge in [0.1, 0.15) is 0 Å². The molecule has 0 saturated carbocycles. The summed E-state index contributed by atoms with van der Waals surface area (Å²) in [6.07, 6.45) is 4.67. The fourth-order valence-corrected chi connectivity index (χ4v) is 3.17. The second-order valence-electron chi connectivity index (χ2n) is 5.69. The van der Waals surface area contributed by atoms with Crippen LogP contribution in [0.25, 0.3) is 0 Å². The number of halogens is 1. The van der Waals surface area contributed by atoms with Crippen LogP contribution in [0.2, 0.25) is 5.02 Å². The van der Waals surface area contributed by atoms with Crippen LogP contribution in [0, 0.1) is 0 Å². The van der Waals surface area contributed by atoms with Gasteiger partial charge in [0.15, 0.2) is 0 Å². The van der Waals surface area contributed by atoms with Crippen molar-refractivity contribution in [1.29, 1.82) is 0 Å². The topological polar surface area (TPSA) is 58.4 Å². The Bertz CT molecular complexity index is 506. The SMILES string of the molecule is CCC1CCCCN1C(C)C(=O)Nc1cc(Cl)ccc1N. The summed E-state index contributed by atoms with van der Waals surface area (Å²) in [7, 11) is 0. The number of anilines is 2. The number of rotatable bonds is 4. The molecule has 1 amide bonds. The second-order valence-corrected chi connectivity index (χ2v) is 6.13. The van der Waals surface area contributed by atoms with E-state index in [0.717, 1.165) is 19.4 Å². The van der Waals surface area contributed by atoms with Crippen molar-refractivity contribution in [2.75, 3.05) is 17.6 Å². The van der Waals surface area contributed by atoms with Crippen molar-refractivity contribution in [3.05, 3.63) is 23.2 Å². The molecule has 5 heteroatoms. The van der Waals surface area contributed by atoms with Crippen LogP contribution in [-0.4, -0.2) is 29.4 Å². The first-order chi connectivity index (χ1) is 10.0. The largest absolute Gasteiger partial charge is 0.397 e. The molecule has 21 heavy (non-hydrogen) atoms. The molecule has 0 bridgehead atoms. The summed E-state index contributed by atoms with van der Waals surface area (Å²) >= 11 is 5.96. The van der Waals surface area contributed by atoms with Gasteiger partial charge in [-0.2, -0.15) is 0 Å². The maximum Gasteiger partial charge on any atom is 0.241 e. The molecule has 0 aliphatic carbocycles. The Balaban J connectivity index is 2.06. The van der Waals surface area contributed by atoms with Crippen molar-refractivity contribution < 1.29 is 4.79 Å². The van der Waals surface area contributed by atoms with E-state index in [1.807, 2.05) is 6.92 Å². The third kappa shape index (κ3) is 3.89. The zero-order valence-corrected chi connectivity index (χ0v) is 13.5. The van der Waals surface area contributed by atoms with E-state index >= 15 is 0 Å². The van der Waals surface area contributed by atoms with Gasteiger partial charge in [0.05, 0.1) is 17.4 Å². The van der Waals surface area contributed by atoms with Crippen LogP contribution in [0.3, 0.4) is 0 Å². The van der Waals surface area contributed by atoms with E-state index in [2.05, 4.69) is 17.1 Å². The van der Waals surface area contributed by atoms with Gasteiger partial charge in [0, 0.05) is 11.1 Å². The molecule has 1 aliphatic heterocycles. The third-order valence-electron chi connectivity index (χ3n) is 4.29. The van der Waals surface area contributed by atoms with Crippen molar-refractivity contribution in [1.82, 2.24) is 4.90 Å². The molecule has 0 spiro atoms. The number of piperidine rings is 1. The Hall–Kier alpha value is -1.26. The Morgan fingerprint density at radius 3 is 3.00 bits per heavy atom. The molecule has 4 nitrogen and oxygen atoms in total. The van der Waals surface area contributed by atoms with E-state index in [1.54, 1.807) is 18.2 Å². The minimum atomic E-state index is -0.159. The molecule has 1 saturated heterocycles. The minimum absolute atomic E-state index is 0.0238. The van der Waals surface area contributed by atoms with Gasteiger partial charge in [-0.15, -0.1) is 0 Å². The van der Waals surface area contributed by atoms with E-state index in [-0.39, 0.29) is 11.9 Å². The molecule has 2 atom stereocenters. The number of amides is 1. The summed E-state index contributed by atoms with van der Waals surface area (Å²) in [6, 6.07) is 5.45.